The van der Waals surface area contributed by atoms with Crippen LogP contribution >= 0.6 is 15.9 Å². The molecule has 3 atom stereocenters. The van der Waals surface area contributed by atoms with Gasteiger partial charge in [0.2, 0.25) is 29.0 Å². The monoisotopic (exact) mass is 519 g/mol. The minimum atomic E-state index is -2.14. The molecule has 8 heteroatoms. The van der Waals surface area contributed by atoms with Gasteiger partial charge in [0, 0.05) is 15.6 Å². The number of nitrogens with zero attached hydrogens (tertiary/aromatic N) is 1. The molecule has 2 amide bonds. The Bertz CT molecular complexity index is 1380. The van der Waals surface area contributed by atoms with Crippen molar-refractivity contribution in [3.8, 4) is 0 Å². The number of halogens is 2. The lowest BCUT2D eigenvalue weighted by atomic mass is 9.77. The largest absolute Gasteiger partial charge is 0.349 e. The Labute approximate surface area is 201 Å². The van der Waals surface area contributed by atoms with Crippen molar-refractivity contribution in [3.05, 3.63) is 99.8 Å². The second-order valence-electron chi connectivity index (χ2n) is 8.52. The van der Waals surface area contributed by atoms with Gasteiger partial charge < -0.3 is 4.74 Å². The van der Waals surface area contributed by atoms with E-state index in [0.29, 0.717) is 10.0 Å². The Morgan fingerprint density at radius 2 is 1.47 bits per heavy atom. The molecule has 6 rings (SSSR count). The Morgan fingerprint density at radius 3 is 2.09 bits per heavy atom. The number of hydrogen-bond donors (Lipinski definition) is 0. The average Bonchev–Trinajstić information content (AvgIpc) is 3.40. The molecule has 1 aliphatic carbocycles. The third-order valence-electron chi connectivity index (χ3n) is 6.78. The van der Waals surface area contributed by atoms with Gasteiger partial charge in [-0.1, -0.05) is 52.3 Å². The van der Waals surface area contributed by atoms with Gasteiger partial charge in [0.25, 0.3) is 0 Å². The van der Waals surface area contributed by atoms with Crippen LogP contribution in [0.2, 0.25) is 0 Å². The number of carbonyl (C=O) groups is 4. The van der Waals surface area contributed by atoms with Crippen molar-refractivity contribution >= 4 is 45.0 Å². The maximum absolute atomic E-state index is 13.7. The zero-order valence-corrected chi connectivity index (χ0v) is 19.0. The predicted octanol–water partition coefficient (Wildman–Crippen LogP) is 4.28. The van der Waals surface area contributed by atoms with Crippen LogP contribution in [0.1, 0.15) is 32.4 Å². The molecule has 34 heavy (non-hydrogen) atoms. The first kappa shape index (κ1) is 21.1. The zero-order chi connectivity index (χ0) is 23.8. The number of benzene rings is 3. The highest BCUT2D eigenvalue weighted by Gasteiger charge is 2.74. The van der Waals surface area contributed by atoms with E-state index in [4.69, 9.17) is 4.74 Å². The van der Waals surface area contributed by atoms with E-state index in [1.54, 1.807) is 36.4 Å². The van der Waals surface area contributed by atoms with E-state index in [1.807, 2.05) is 0 Å². The molecule has 0 radical (unpaired) electrons. The lowest BCUT2D eigenvalue weighted by molar-refractivity contribution is -0.127. The third kappa shape index (κ3) is 2.63. The molecule has 3 aliphatic rings. The van der Waals surface area contributed by atoms with Crippen LogP contribution in [-0.2, 0) is 14.3 Å². The van der Waals surface area contributed by atoms with Crippen LogP contribution < -0.4 is 4.90 Å². The van der Waals surface area contributed by atoms with Crippen LogP contribution in [-0.4, -0.2) is 29.0 Å². The quantitative estimate of drug-likeness (QED) is 0.372. The SMILES string of the molecule is O=C1[C@@H]2[C@@H](c3cccc(Br)c3)OC3(C(=O)c4ccccc4C3=O)[C@@H]2C(=O)N1c1ccc(F)cc1. The van der Waals surface area contributed by atoms with Crippen LogP contribution in [0.15, 0.2) is 77.3 Å². The van der Waals surface area contributed by atoms with Crippen LogP contribution in [0, 0.1) is 17.7 Å². The molecular formula is C26H15BrFNO5. The molecule has 3 aromatic carbocycles. The Hall–Kier alpha value is -3.49. The van der Waals surface area contributed by atoms with Gasteiger partial charge in [-0.15, -0.1) is 0 Å². The highest BCUT2D eigenvalue weighted by atomic mass is 79.9. The van der Waals surface area contributed by atoms with E-state index in [9.17, 15) is 23.6 Å². The molecule has 1 spiro atoms. The molecule has 2 saturated heterocycles. The number of Topliss-reactive ketones (excluding diaryl/α,β-unsaturated/α-hetero) is 2. The molecule has 0 bridgehead atoms. The fourth-order valence-electron chi connectivity index (χ4n) is 5.35. The number of ketones is 2. The van der Waals surface area contributed by atoms with Gasteiger partial charge in [0.05, 0.1) is 23.6 Å². The Kier molecular flexibility index (Phi) is 4.49. The molecule has 168 valence electrons. The summed E-state index contributed by atoms with van der Waals surface area (Å²) in [6.07, 6.45) is -1.01. The number of amides is 2. The van der Waals surface area contributed by atoms with Crippen LogP contribution in [0.3, 0.4) is 0 Å². The fraction of sp³-hybridized carbons (Fsp3) is 0.154. The summed E-state index contributed by atoms with van der Waals surface area (Å²) in [4.78, 5) is 55.7. The van der Waals surface area contributed by atoms with Crippen LogP contribution in [0.25, 0.3) is 0 Å². The van der Waals surface area contributed by atoms with Crippen molar-refractivity contribution in [2.24, 2.45) is 11.8 Å². The first-order valence-electron chi connectivity index (χ1n) is 10.6. The van der Waals surface area contributed by atoms with Crippen LogP contribution in [0.4, 0.5) is 10.1 Å². The molecule has 2 fully saturated rings. The minimum Gasteiger partial charge on any atom is -0.349 e. The maximum atomic E-state index is 13.7. The van der Waals surface area contributed by atoms with E-state index in [2.05, 4.69) is 15.9 Å². The normalized spacial score (nSPS) is 24.8. The van der Waals surface area contributed by atoms with Gasteiger partial charge in [0.15, 0.2) is 0 Å². The van der Waals surface area contributed by atoms with E-state index >= 15 is 0 Å². The average molecular weight is 520 g/mol. The molecule has 0 unspecified atom stereocenters. The van der Waals surface area contributed by atoms with E-state index in [-0.39, 0.29) is 16.8 Å². The topological polar surface area (TPSA) is 80.8 Å². The van der Waals surface area contributed by atoms with Crippen molar-refractivity contribution < 1.29 is 28.3 Å². The van der Waals surface area contributed by atoms with Crippen molar-refractivity contribution in [2.75, 3.05) is 4.90 Å². The van der Waals surface area contributed by atoms with Gasteiger partial charge in [-0.2, -0.15) is 0 Å². The first-order chi connectivity index (χ1) is 16.3. The number of hydrogen-bond acceptors (Lipinski definition) is 5. The molecule has 6 nitrogen and oxygen atoms in total. The summed E-state index contributed by atoms with van der Waals surface area (Å²) in [5, 5.41) is 0. The van der Waals surface area contributed by atoms with E-state index in [1.165, 1.54) is 24.3 Å². The summed E-state index contributed by atoms with van der Waals surface area (Å²) in [7, 11) is 0. The van der Waals surface area contributed by atoms with Crippen molar-refractivity contribution in [2.45, 2.75) is 11.7 Å². The lowest BCUT2D eigenvalue weighted by Gasteiger charge is -2.27. The summed E-state index contributed by atoms with van der Waals surface area (Å²) < 4.78 is 20.4. The van der Waals surface area contributed by atoms with Crippen molar-refractivity contribution in [1.29, 1.82) is 0 Å². The zero-order valence-electron chi connectivity index (χ0n) is 17.4. The molecule has 0 N–H and O–H groups in total. The highest BCUT2D eigenvalue weighted by Crippen LogP contribution is 2.57. The predicted molar refractivity (Wildman–Crippen MR) is 122 cm³/mol. The fourth-order valence-corrected chi connectivity index (χ4v) is 5.76. The molecular weight excluding hydrogens is 505 g/mol. The number of imide groups is 1. The highest BCUT2D eigenvalue weighted by molar-refractivity contribution is 9.10. The molecule has 0 aromatic heterocycles. The molecule has 3 aromatic rings. The van der Waals surface area contributed by atoms with Gasteiger partial charge >= 0.3 is 0 Å². The summed E-state index contributed by atoms with van der Waals surface area (Å²) in [5.74, 6) is -5.53. The standard InChI is InChI=1S/C26H15BrFNO5/c27-14-5-3-4-13(12-14)21-19-20(25(33)29(24(19)32)16-10-8-15(28)9-11-16)26(34-21)22(30)17-6-1-2-7-18(17)23(26)31/h1-12,19-21H/t19-,20-,21+/m0/s1. The third-order valence-corrected chi connectivity index (χ3v) is 7.27. The maximum Gasteiger partial charge on any atom is 0.241 e. The van der Waals surface area contributed by atoms with Gasteiger partial charge in [-0.25, -0.2) is 9.29 Å². The van der Waals surface area contributed by atoms with E-state index in [0.717, 1.165) is 17.0 Å². The summed E-state index contributed by atoms with van der Waals surface area (Å²) in [6.45, 7) is 0. The first-order valence-corrected chi connectivity index (χ1v) is 11.4. The van der Waals surface area contributed by atoms with Gasteiger partial charge in [-0.3, -0.25) is 19.2 Å². The Morgan fingerprint density at radius 1 is 0.824 bits per heavy atom. The molecule has 2 heterocycles. The number of carbonyl (C=O) groups excluding carboxylic acids is 4. The van der Waals surface area contributed by atoms with Crippen LogP contribution in [0.5, 0.6) is 0 Å². The smallest absolute Gasteiger partial charge is 0.241 e. The number of anilines is 1. The van der Waals surface area contributed by atoms with E-state index < -0.39 is 52.7 Å². The lowest BCUT2D eigenvalue weighted by Crippen LogP contribution is -2.51. The Balaban J connectivity index is 1.55. The number of ether oxygens (including phenoxy) is 1. The van der Waals surface area contributed by atoms with Gasteiger partial charge in [0.1, 0.15) is 5.82 Å². The summed E-state index contributed by atoms with van der Waals surface area (Å²) in [5.41, 5.74) is -1.07. The van der Waals surface area contributed by atoms with Gasteiger partial charge in [-0.05, 0) is 42.0 Å². The second kappa shape index (κ2) is 7.25. The summed E-state index contributed by atoms with van der Waals surface area (Å²) >= 11 is 3.40. The number of fused-ring (bicyclic) bond motifs is 3. The molecule has 2 aliphatic heterocycles. The minimum absolute atomic E-state index is 0.168. The second-order valence-corrected chi connectivity index (χ2v) is 9.44. The van der Waals surface area contributed by atoms with Crippen molar-refractivity contribution in [1.82, 2.24) is 0 Å². The summed E-state index contributed by atoms with van der Waals surface area (Å²) in [6, 6.07) is 18.2. The van der Waals surface area contributed by atoms with Crippen molar-refractivity contribution in [3.63, 3.8) is 0 Å². The number of rotatable bonds is 2. The molecule has 0 saturated carbocycles.